The van der Waals surface area contributed by atoms with Gasteiger partial charge in [-0.1, -0.05) is 0 Å². The molecule has 1 N–H and O–H groups in total. The second kappa shape index (κ2) is 3.09. The molecular formula is C8H15NO2. The average molecular weight is 157 g/mol. The van der Waals surface area contributed by atoms with Crippen molar-refractivity contribution in [2.24, 2.45) is 0 Å². The minimum Gasteiger partial charge on any atom is -0.381 e. The van der Waals surface area contributed by atoms with E-state index in [-0.39, 0.29) is 0 Å². The molecular weight excluding hydrogens is 142 g/mol. The molecule has 0 spiro atoms. The summed E-state index contributed by atoms with van der Waals surface area (Å²) in [6.07, 6.45) is 4.34. The van der Waals surface area contributed by atoms with Crippen LogP contribution in [0.3, 0.4) is 0 Å². The molecule has 2 aliphatic rings. The van der Waals surface area contributed by atoms with Crippen molar-refractivity contribution in [3.05, 3.63) is 0 Å². The molecule has 0 aromatic rings. The van der Waals surface area contributed by atoms with Crippen molar-refractivity contribution in [2.45, 2.75) is 37.8 Å². The molecule has 1 saturated heterocycles. The molecule has 11 heavy (non-hydrogen) atoms. The first-order chi connectivity index (χ1) is 5.38. The van der Waals surface area contributed by atoms with Crippen LogP contribution in [0.5, 0.6) is 0 Å². The first kappa shape index (κ1) is 7.53. The molecule has 3 nitrogen and oxygen atoms in total. The molecule has 1 aliphatic heterocycles. The Labute approximate surface area is 66.9 Å². The molecule has 1 saturated carbocycles. The molecule has 0 aromatic heterocycles. The number of hydrogen-bond acceptors (Lipinski definition) is 3. The summed E-state index contributed by atoms with van der Waals surface area (Å²) < 4.78 is 5.21. The Bertz CT molecular complexity index is 130. The van der Waals surface area contributed by atoms with Crippen LogP contribution in [-0.2, 0) is 4.74 Å². The zero-order valence-corrected chi connectivity index (χ0v) is 6.70. The van der Waals surface area contributed by atoms with Crippen molar-refractivity contribution in [3.8, 4) is 0 Å². The van der Waals surface area contributed by atoms with Crippen LogP contribution < -0.4 is 0 Å². The van der Waals surface area contributed by atoms with E-state index in [1.165, 1.54) is 12.8 Å². The number of ether oxygens (including phenoxy) is 1. The summed E-state index contributed by atoms with van der Waals surface area (Å²) in [5.41, 5.74) is 0. The molecule has 0 amide bonds. The zero-order chi connectivity index (χ0) is 7.68. The maximum absolute atomic E-state index is 9.59. The van der Waals surface area contributed by atoms with Gasteiger partial charge in [0.05, 0.1) is 0 Å². The maximum Gasteiger partial charge on any atom is 0.0481 e. The SMILES string of the molecule is ON(C1CCOCC1)C1CC1. The second-order valence-corrected chi connectivity index (χ2v) is 3.45. The lowest BCUT2D eigenvalue weighted by atomic mass is 10.1. The largest absolute Gasteiger partial charge is 0.381 e. The quantitative estimate of drug-likeness (QED) is 0.607. The van der Waals surface area contributed by atoms with Gasteiger partial charge in [0.15, 0.2) is 0 Å². The first-order valence-electron chi connectivity index (χ1n) is 4.43. The summed E-state index contributed by atoms with van der Waals surface area (Å²) >= 11 is 0. The summed E-state index contributed by atoms with van der Waals surface area (Å²) in [6.45, 7) is 1.63. The third-order valence-corrected chi connectivity index (χ3v) is 2.49. The lowest BCUT2D eigenvalue weighted by molar-refractivity contribution is -0.155. The van der Waals surface area contributed by atoms with Gasteiger partial charge in [0.2, 0.25) is 0 Å². The Hall–Kier alpha value is -0.120. The van der Waals surface area contributed by atoms with Gasteiger partial charge >= 0.3 is 0 Å². The van der Waals surface area contributed by atoms with Crippen molar-refractivity contribution in [3.63, 3.8) is 0 Å². The normalized spacial score (nSPS) is 27.8. The van der Waals surface area contributed by atoms with Crippen molar-refractivity contribution in [1.29, 1.82) is 0 Å². The maximum atomic E-state index is 9.59. The van der Waals surface area contributed by atoms with E-state index in [1.54, 1.807) is 5.06 Å². The summed E-state index contributed by atoms with van der Waals surface area (Å²) in [4.78, 5) is 0. The molecule has 0 aromatic carbocycles. The van der Waals surface area contributed by atoms with E-state index >= 15 is 0 Å². The van der Waals surface area contributed by atoms with Gasteiger partial charge in [-0.3, -0.25) is 0 Å². The van der Waals surface area contributed by atoms with E-state index in [1.807, 2.05) is 0 Å². The van der Waals surface area contributed by atoms with Crippen LogP contribution in [0.1, 0.15) is 25.7 Å². The monoisotopic (exact) mass is 157 g/mol. The van der Waals surface area contributed by atoms with Gasteiger partial charge in [-0.15, -0.1) is 0 Å². The smallest absolute Gasteiger partial charge is 0.0481 e. The van der Waals surface area contributed by atoms with Gasteiger partial charge in [-0.05, 0) is 25.7 Å². The Kier molecular flexibility index (Phi) is 2.11. The summed E-state index contributed by atoms with van der Waals surface area (Å²) in [5, 5.41) is 11.1. The molecule has 0 radical (unpaired) electrons. The molecule has 2 rings (SSSR count). The van der Waals surface area contributed by atoms with Crippen LogP contribution in [0.4, 0.5) is 0 Å². The molecule has 0 atom stereocenters. The van der Waals surface area contributed by atoms with Crippen molar-refractivity contribution in [2.75, 3.05) is 13.2 Å². The number of nitrogens with zero attached hydrogens (tertiary/aromatic N) is 1. The van der Waals surface area contributed by atoms with Gasteiger partial charge in [-0.2, -0.15) is 5.06 Å². The third-order valence-electron chi connectivity index (χ3n) is 2.49. The Morgan fingerprint density at radius 3 is 2.09 bits per heavy atom. The van der Waals surface area contributed by atoms with Crippen LogP contribution in [0.15, 0.2) is 0 Å². The molecule has 64 valence electrons. The Morgan fingerprint density at radius 2 is 1.55 bits per heavy atom. The lowest BCUT2D eigenvalue weighted by Crippen LogP contribution is -2.38. The van der Waals surface area contributed by atoms with E-state index in [9.17, 15) is 5.21 Å². The highest BCUT2D eigenvalue weighted by Crippen LogP contribution is 2.29. The van der Waals surface area contributed by atoms with Crippen molar-refractivity contribution < 1.29 is 9.94 Å². The van der Waals surface area contributed by atoms with E-state index in [0.717, 1.165) is 26.1 Å². The number of hydroxylamine groups is 2. The molecule has 2 fully saturated rings. The minimum absolute atomic E-state index is 0.372. The molecule has 1 aliphatic carbocycles. The highest BCUT2D eigenvalue weighted by atomic mass is 16.5. The summed E-state index contributed by atoms with van der Waals surface area (Å²) in [7, 11) is 0. The van der Waals surface area contributed by atoms with Crippen LogP contribution in [-0.4, -0.2) is 35.6 Å². The Balaban J connectivity index is 1.81. The fraction of sp³-hybridized carbons (Fsp3) is 1.00. The summed E-state index contributed by atoms with van der Waals surface area (Å²) in [6, 6.07) is 0.842. The van der Waals surface area contributed by atoms with Crippen molar-refractivity contribution in [1.82, 2.24) is 5.06 Å². The second-order valence-electron chi connectivity index (χ2n) is 3.45. The molecule has 1 heterocycles. The van der Waals surface area contributed by atoms with Crippen LogP contribution in [0.25, 0.3) is 0 Å². The zero-order valence-electron chi connectivity index (χ0n) is 6.70. The number of rotatable bonds is 2. The van der Waals surface area contributed by atoms with Gasteiger partial charge in [0.25, 0.3) is 0 Å². The minimum atomic E-state index is 0.372. The Morgan fingerprint density at radius 1 is 1.00 bits per heavy atom. The van der Waals surface area contributed by atoms with E-state index in [4.69, 9.17) is 4.74 Å². The topological polar surface area (TPSA) is 32.7 Å². The van der Waals surface area contributed by atoms with Crippen molar-refractivity contribution >= 4 is 0 Å². The van der Waals surface area contributed by atoms with E-state index in [0.29, 0.717) is 12.1 Å². The van der Waals surface area contributed by atoms with Crippen LogP contribution in [0, 0.1) is 0 Å². The molecule has 0 bridgehead atoms. The standard InChI is InChI=1S/C8H15NO2/c10-9(7-1-2-7)8-3-5-11-6-4-8/h7-8,10H,1-6H2. The van der Waals surface area contributed by atoms with Crippen LogP contribution in [0.2, 0.25) is 0 Å². The van der Waals surface area contributed by atoms with Gasteiger partial charge in [-0.25, -0.2) is 0 Å². The fourth-order valence-corrected chi connectivity index (χ4v) is 1.59. The van der Waals surface area contributed by atoms with Gasteiger partial charge in [0, 0.05) is 25.3 Å². The highest BCUT2D eigenvalue weighted by molar-refractivity contribution is 4.84. The average Bonchev–Trinajstić information content (AvgIpc) is 2.87. The van der Waals surface area contributed by atoms with Gasteiger partial charge in [0.1, 0.15) is 0 Å². The van der Waals surface area contributed by atoms with Crippen LogP contribution >= 0.6 is 0 Å². The third kappa shape index (κ3) is 1.72. The molecule has 3 heteroatoms. The van der Waals surface area contributed by atoms with E-state index < -0.39 is 0 Å². The molecule has 0 unspecified atom stereocenters. The number of hydrogen-bond donors (Lipinski definition) is 1. The summed E-state index contributed by atoms with van der Waals surface area (Å²) in [5.74, 6) is 0. The predicted molar refractivity (Wildman–Crippen MR) is 40.5 cm³/mol. The fourth-order valence-electron chi connectivity index (χ4n) is 1.59. The predicted octanol–water partition coefficient (Wildman–Crippen LogP) is 1.02. The first-order valence-corrected chi connectivity index (χ1v) is 4.43. The van der Waals surface area contributed by atoms with E-state index in [2.05, 4.69) is 0 Å². The lowest BCUT2D eigenvalue weighted by Gasteiger charge is -2.29. The van der Waals surface area contributed by atoms with Gasteiger partial charge < -0.3 is 9.94 Å². The highest BCUT2D eigenvalue weighted by Gasteiger charge is 2.33.